The summed E-state index contributed by atoms with van der Waals surface area (Å²) in [6.45, 7) is 4.91. The molecule has 9 nitrogen and oxygen atoms in total. The maximum atomic E-state index is 13.0. The van der Waals surface area contributed by atoms with Crippen LogP contribution in [0.5, 0.6) is 11.5 Å². The van der Waals surface area contributed by atoms with Crippen LogP contribution in [-0.4, -0.2) is 39.1 Å². The minimum absolute atomic E-state index is 0.0629. The first-order valence-corrected chi connectivity index (χ1v) is 13.6. The quantitative estimate of drug-likeness (QED) is 0.312. The SMILES string of the molecule is CCOc1cccc2sc(=NC(=O)c3cccc(C(=O)N=c4sc5cccc(OCC)c5n4C)n3)n(C)c12. The summed E-state index contributed by atoms with van der Waals surface area (Å²) >= 11 is 2.76. The molecule has 0 aliphatic heterocycles. The van der Waals surface area contributed by atoms with Crippen LogP contribution >= 0.6 is 22.7 Å². The Bertz CT molecular complexity index is 1700. The van der Waals surface area contributed by atoms with Gasteiger partial charge < -0.3 is 18.6 Å². The number of aromatic nitrogens is 3. The molecule has 194 valence electrons. The number of thiazole rings is 2. The van der Waals surface area contributed by atoms with Crippen molar-refractivity contribution in [2.24, 2.45) is 24.1 Å². The molecule has 38 heavy (non-hydrogen) atoms. The number of benzene rings is 2. The van der Waals surface area contributed by atoms with E-state index in [1.165, 1.54) is 34.8 Å². The fraction of sp³-hybridized carbons (Fsp3) is 0.222. The number of amides is 2. The summed E-state index contributed by atoms with van der Waals surface area (Å²) in [6.07, 6.45) is 0. The molecule has 0 bridgehead atoms. The van der Waals surface area contributed by atoms with E-state index in [4.69, 9.17) is 9.47 Å². The van der Waals surface area contributed by atoms with Crippen molar-refractivity contribution in [1.82, 2.24) is 14.1 Å². The van der Waals surface area contributed by atoms with Gasteiger partial charge in [-0.1, -0.05) is 40.9 Å². The fourth-order valence-corrected chi connectivity index (χ4v) is 6.12. The maximum Gasteiger partial charge on any atom is 0.298 e. The molecule has 0 unspecified atom stereocenters. The highest BCUT2D eigenvalue weighted by molar-refractivity contribution is 7.16. The topological polar surface area (TPSA) is 100 Å². The third-order valence-corrected chi connectivity index (χ3v) is 7.95. The molecular weight excluding hydrogens is 522 g/mol. The number of ether oxygens (including phenoxy) is 2. The monoisotopic (exact) mass is 547 g/mol. The second-order valence-corrected chi connectivity index (χ2v) is 10.2. The highest BCUT2D eigenvalue weighted by Gasteiger charge is 2.15. The maximum absolute atomic E-state index is 13.0. The molecule has 0 spiro atoms. The predicted octanol–water partition coefficient (Wildman–Crippen LogP) is 4.47. The van der Waals surface area contributed by atoms with Gasteiger partial charge in [0.1, 0.15) is 33.9 Å². The van der Waals surface area contributed by atoms with Gasteiger partial charge in [-0.05, 0) is 50.2 Å². The van der Waals surface area contributed by atoms with Gasteiger partial charge in [0.25, 0.3) is 11.8 Å². The van der Waals surface area contributed by atoms with Crippen molar-refractivity contribution < 1.29 is 19.1 Å². The number of hydrogen-bond acceptors (Lipinski definition) is 7. The molecule has 2 aromatic carbocycles. The number of carbonyl (C=O) groups is 2. The van der Waals surface area contributed by atoms with Crippen LogP contribution in [0, 0.1) is 0 Å². The number of nitrogens with zero attached hydrogens (tertiary/aromatic N) is 5. The Labute approximate surface area is 226 Å². The van der Waals surface area contributed by atoms with E-state index in [2.05, 4.69) is 15.0 Å². The van der Waals surface area contributed by atoms with E-state index < -0.39 is 11.8 Å². The van der Waals surface area contributed by atoms with Crippen molar-refractivity contribution in [3.63, 3.8) is 0 Å². The molecule has 5 aromatic rings. The van der Waals surface area contributed by atoms with Crippen molar-refractivity contribution in [1.29, 1.82) is 0 Å². The second kappa shape index (κ2) is 10.7. The average molecular weight is 548 g/mol. The zero-order valence-corrected chi connectivity index (χ0v) is 22.9. The zero-order chi connectivity index (χ0) is 26.8. The molecule has 0 saturated carbocycles. The number of pyridine rings is 1. The zero-order valence-electron chi connectivity index (χ0n) is 21.3. The summed E-state index contributed by atoms with van der Waals surface area (Å²) in [6, 6.07) is 16.2. The van der Waals surface area contributed by atoms with E-state index in [1.54, 1.807) is 6.07 Å². The van der Waals surface area contributed by atoms with Crippen LogP contribution in [0.2, 0.25) is 0 Å². The minimum Gasteiger partial charge on any atom is -0.492 e. The van der Waals surface area contributed by atoms with E-state index in [0.717, 1.165) is 31.9 Å². The highest BCUT2D eigenvalue weighted by atomic mass is 32.1. The third-order valence-electron chi connectivity index (χ3n) is 5.75. The van der Waals surface area contributed by atoms with E-state index in [0.29, 0.717) is 22.8 Å². The van der Waals surface area contributed by atoms with Crippen LogP contribution in [0.3, 0.4) is 0 Å². The van der Waals surface area contributed by atoms with Crippen molar-refractivity contribution in [2.45, 2.75) is 13.8 Å². The van der Waals surface area contributed by atoms with Gasteiger partial charge in [-0.25, -0.2) is 4.98 Å². The van der Waals surface area contributed by atoms with Crippen LogP contribution in [0.4, 0.5) is 0 Å². The van der Waals surface area contributed by atoms with Gasteiger partial charge in [0.05, 0.1) is 22.6 Å². The van der Waals surface area contributed by atoms with Crippen LogP contribution in [0.1, 0.15) is 34.8 Å². The number of para-hydroxylation sites is 2. The normalized spacial score (nSPS) is 12.4. The van der Waals surface area contributed by atoms with Gasteiger partial charge in [-0.2, -0.15) is 9.98 Å². The van der Waals surface area contributed by atoms with Crippen molar-refractivity contribution >= 4 is 54.9 Å². The molecule has 0 N–H and O–H groups in total. The van der Waals surface area contributed by atoms with E-state index in [1.807, 2.05) is 73.5 Å². The van der Waals surface area contributed by atoms with E-state index in [-0.39, 0.29) is 11.4 Å². The van der Waals surface area contributed by atoms with Gasteiger partial charge in [0.2, 0.25) is 0 Å². The summed E-state index contributed by atoms with van der Waals surface area (Å²) in [5.74, 6) is 0.364. The average Bonchev–Trinajstić information content (AvgIpc) is 3.41. The summed E-state index contributed by atoms with van der Waals surface area (Å²) < 4.78 is 17.0. The smallest absolute Gasteiger partial charge is 0.298 e. The fourth-order valence-electron chi connectivity index (χ4n) is 4.06. The lowest BCUT2D eigenvalue weighted by Gasteiger charge is -2.05. The molecule has 0 aliphatic carbocycles. The highest BCUT2D eigenvalue weighted by Crippen LogP contribution is 2.28. The minimum atomic E-state index is -0.548. The molecule has 0 fully saturated rings. The Balaban J connectivity index is 1.49. The number of hydrogen-bond donors (Lipinski definition) is 0. The van der Waals surface area contributed by atoms with Crippen LogP contribution in [-0.2, 0) is 14.1 Å². The first-order chi connectivity index (χ1) is 18.4. The summed E-state index contributed by atoms with van der Waals surface area (Å²) in [5.41, 5.74) is 1.86. The van der Waals surface area contributed by atoms with Gasteiger partial charge in [-0.3, -0.25) is 9.59 Å². The molecule has 0 saturated heterocycles. The van der Waals surface area contributed by atoms with Gasteiger partial charge >= 0.3 is 0 Å². The molecule has 3 aromatic heterocycles. The Morgan fingerprint density at radius 2 is 1.16 bits per heavy atom. The van der Waals surface area contributed by atoms with Crippen LogP contribution < -0.4 is 19.1 Å². The molecule has 11 heteroatoms. The number of carbonyl (C=O) groups excluding carboxylic acids is 2. The number of fused-ring (bicyclic) bond motifs is 2. The first kappa shape index (κ1) is 25.6. The number of rotatable bonds is 6. The summed E-state index contributed by atoms with van der Waals surface area (Å²) in [4.78, 5) is 39.9. The lowest BCUT2D eigenvalue weighted by molar-refractivity contribution is 0.0989. The lowest BCUT2D eigenvalue weighted by atomic mass is 10.3. The Hall–Kier alpha value is -4.09. The Morgan fingerprint density at radius 3 is 1.58 bits per heavy atom. The third kappa shape index (κ3) is 4.77. The standard InChI is InChI=1S/C27H25N5O4S2/c1-5-35-18-12-8-14-20-22(18)31(3)26(37-20)29-24(33)16-10-7-11-17(28-16)25(34)30-27-32(4)23-19(36-6-2)13-9-15-21(23)38-27/h7-15H,5-6H2,1-4H3. The molecular formula is C27H25N5O4S2. The van der Waals surface area contributed by atoms with Crippen molar-refractivity contribution in [3.8, 4) is 11.5 Å². The second-order valence-electron chi connectivity index (χ2n) is 8.20. The van der Waals surface area contributed by atoms with E-state index in [9.17, 15) is 9.59 Å². The predicted molar refractivity (Wildman–Crippen MR) is 148 cm³/mol. The molecule has 3 heterocycles. The molecule has 2 amide bonds. The summed E-state index contributed by atoms with van der Waals surface area (Å²) in [5, 5.41) is 0. The first-order valence-electron chi connectivity index (χ1n) is 12.0. The van der Waals surface area contributed by atoms with Crippen LogP contribution in [0.15, 0.2) is 64.6 Å². The molecule has 0 radical (unpaired) electrons. The molecule has 0 atom stereocenters. The van der Waals surface area contributed by atoms with Gasteiger partial charge in [0.15, 0.2) is 9.60 Å². The van der Waals surface area contributed by atoms with E-state index >= 15 is 0 Å². The molecule has 0 aliphatic rings. The Morgan fingerprint density at radius 1 is 0.737 bits per heavy atom. The lowest BCUT2D eigenvalue weighted by Crippen LogP contribution is -2.16. The van der Waals surface area contributed by atoms with Gasteiger partial charge in [-0.15, -0.1) is 0 Å². The van der Waals surface area contributed by atoms with Crippen molar-refractivity contribution in [2.75, 3.05) is 13.2 Å². The Kier molecular flexibility index (Phi) is 7.21. The van der Waals surface area contributed by atoms with Crippen molar-refractivity contribution in [3.05, 3.63) is 75.6 Å². The summed E-state index contributed by atoms with van der Waals surface area (Å²) in [7, 11) is 3.67. The molecule has 5 rings (SSSR count). The van der Waals surface area contributed by atoms with Gasteiger partial charge in [0, 0.05) is 14.1 Å². The largest absolute Gasteiger partial charge is 0.492 e. The number of aryl methyl sites for hydroxylation is 2. The van der Waals surface area contributed by atoms with Crippen LogP contribution in [0.25, 0.3) is 20.4 Å².